The smallest absolute Gasteiger partial charge is 0.123 e. The Kier molecular flexibility index (Phi) is 2.77. The second-order valence-corrected chi connectivity index (χ2v) is 5.60. The van der Waals surface area contributed by atoms with Crippen molar-refractivity contribution in [2.75, 3.05) is 13.7 Å². The summed E-state index contributed by atoms with van der Waals surface area (Å²) in [5.74, 6) is 0.962. The molecule has 1 heterocycles. The van der Waals surface area contributed by atoms with Crippen LogP contribution in [0.15, 0.2) is 22.7 Å². The Morgan fingerprint density at radius 3 is 2.67 bits per heavy atom. The van der Waals surface area contributed by atoms with Gasteiger partial charge in [-0.3, -0.25) is 0 Å². The van der Waals surface area contributed by atoms with Crippen molar-refractivity contribution in [1.29, 1.82) is 0 Å². The molecule has 1 aliphatic heterocycles. The molecule has 1 aliphatic rings. The second-order valence-electron chi connectivity index (χ2n) is 4.69. The van der Waals surface area contributed by atoms with Gasteiger partial charge in [0, 0.05) is 22.6 Å². The standard InChI is InChI=1S/C12H16BrNO/c1-12(2)7-14-11(12)9-6-8(13)4-5-10(9)15-3/h4-6,11,14H,7H2,1-3H3. The monoisotopic (exact) mass is 269 g/mol. The van der Waals surface area contributed by atoms with Crippen LogP contribution in [0, 0.1) is 5.41 Å². The van der Waals surface area contributed by atoms with Crippen molar-refractivity contribution in [2.45, 2.75) is 19.9 Å². The normalized spacial score (nSPS) is 23.3. The van der Waals surface area contributed by atoms with Gasteiger partial charge < -0.3 is 10.1 Å². The molecule has 1 saturated heterocycles. The molecular formula is C12H16BrNO. The summed E-state index contributed by atoms with van der Waals surface area (Å²) in [5.41, 5.74) is 1.55. The highest BCUT2D eigenvalue weighted by molar-refractivity contribution is 9.10. The first kappa shape index (κ1) is 11.0. The van der Waals surface area contributed by atoms with E-state index in [1.54, 1.807) is 7.11 Å². The molecule has 0 saturated carbocycles. The highest BCUT2D eigenvalue weighted by Gasteiger charge is 2.40. The number of halogens is 1. The van der Waals surface area contributed by atoms with E-state index in [4.69, 9.17) is 4.74 Å². The zero-order chi connectivity index (χ0) is 11.1. The Morgan fingerprint density at radius 1 is 1.47 bits per heavy atom. The summed E-state index contributed by atoms with van der Waals surface area (Å²) in [6, 6.07) is 6.55. The van der Waals surface area contributed by atoms with Crippen molar-refractivity contribution in [1.82, 2.24) is 5.32 Å². The lowest BCUT2D eigenvalue weighted by Crippen LogP contribution is -2.52. The molecule has 1 aromatic rings. The molecule has 2 rings (SSSR count). The van der Waals surface area contributed by atoms with Gasteiger partial charge in [0.15, 0.2) is 0 Å². The Hall–Kier alpha value is -0.540. The molecule has 15 heavy (non-hydrogen) atoms. The predicted octanol–water partition coefficient (Wildman–Crippen LogP) is 3.13. The lowest BCUT2D eigenvalue weighted by molar-refractivity contribution is 0.125. The highest BCUT2D eigenvalue weighted by atomic mass is 79.9. The molecular weight excluding hydrogens is 254 g/mol. The number of benzene rings is 1. The van der Waals surface area contributed by atoms with E-state index in [1.807, 2.05) is 12.1 Å². The Bertz CT molecular complexity index is 376. The van der Waals surface area contributed by atoms with E-state index in [1.165, 1.54) is 5.56 Å². The number of rotatable bonds is 2. The summed E-state index contributed by atoms with van der Waals surface area (Å²) in [7, 11) is 1.72. The molecule has 0 radical (unpaired) electrons. The average molecular weight is 270 g/mol. The van der Waals surface area contributed by atoms with Crippen LogP contribution in [0.1, 0.15) is 25.5 Å². The summed E-state index contributed by atoms with van der Waals surface area (Å²) in [6.07, 6.45) is 0. The van der Waals surface area contributed by atoms with Crippen molar-refractivity contribution in [2.24, 2.45) is 5.41 Å². The number of methoxy groups -OCH3 is 1. The summed E-state index contributed by atoms with van der Waals surface area (Å²) in [5, 5.41) is 3.45. The van der Waals surface area contributed by atoms with Crippen molar-refractivity contribution in [3.8, 4) is 5.75 Å². The van der Waals surface area contributed by atoms with E-state index in [2.05, 4.69) is 41.2 Å². The van der Waals surface area contributed by atoms with Crippen molar-refractivity contribution >= 4 is 15.9 Å². The first-order chi connectivity index (χ1) is 7.04. The molecule has 0 aliphatic carbocycles. The zero-order valence-corrected chi connectivity index (χ0v) is 10.9. The van der Waals surface area contributed by atoms with Gasteiger partial charge in [0.25, 0.3) is 0 Å². The predicted molar refractivity (Wildman–Crippen MR) is 65.2 cm³/mol. The number of nitrogens with one attached hydrogen (secondary N) is 1. The summed E-state index contributed by atoms with van der Waals surface area (Å²) in [4.78, 5) is 0. The number of hydrogen-bond acceptors (Lipinski definition) is 2. The number of hydrogen-bond donors (Lipinski definition) is 1. The summed E-state index contributed by atoms with van der Waals surface area (Å²) < 4.78 is 6.49. The molecule has 1 atom stereocenters. The summed E-state index contributed by atoms with van der Waals surface area (Å²) >= 11 is 3.50. The molecule has 1 unspecified atom stereocenters. The molecule has 0 aromatic heterocycles. The maximum absolute atomic E-state index is 5.39. The zero-order valence-electron chi connectivity index (χ0n) is 9.30. The lowest BCUT2D eigenvalue weighted by atomic mass is 9.73. The molecule has 0 spiro atoms. The Balaban J connectivity index is 2.38. The molecule has 0 bridgehead atoms. The fourth-order valence-electron chi connectivity index (χ4n) is 2.07. The van der Waals surface area contributed by atoms with Gasteiger partial charge in [0.05, 0.1) is 7.11 Å². The van der Waals surface area contributed by atoms with Crippen LogP contribution in [0.25, 0.3) is 0 Å². The van der Waals surface area contributed by atoms with Crippen LogP contribution < -0.4 is 10.1 Å². The maximum Gasteiger partial charge on any atom is 0.123 e. The first-order valence-electron chi connectivity index (χ1n) is 5.11. The Morgan fingerprint density at radius 2 is 2.20 bits per heavy atom. The van der Waals surface area contributed by atoms with Crippen LogP contribution in [0.5, 0.6) is 5.75 Å². The van der Waals surface area contributed by atoms with E-state index in [-0.39, 0.29) is 0 Å². The van der Waals surface area contributed by atoms with Crippen molar-refractivity contribution in [3.63, 3.8) is 0 Å². The van der Waals surface area contributed by atoms with Crippen LogP contribution >= 0.6 is 15.9 Å². The van der Waals surface area contributed by atoms with E-state index in [9.17, 15) is 0 Å². The molecule has 0 amide bonds. The van der Waals surface area contributed by atoms with Gasteiger partial charge in [-0.25, -0.2) is 0 Å². The van der Waals surface area contributed by atoms with Crippen LogP contribution in [-0.2, 0) is 0 Å². The van der Waals surface area contributed by atoms with Gasteiger partial charge in [-0.15, -0.1) is 0 Å². The second kappa shape index (κ2) is 3.80. The average Bonchev–Trinajstić information content (AvgIpc) is 2.17. The Labute approximate surface area is 99.1 Å². The minimum absolute atomic E-state index is 0.314. The minimum atomic E-state index is 0.314. The van der Waals surface area contributed by atoms with Gasteiger partial charge in [-0.05, 0) is 23.6 Å². The third kappa shape index (κ3) is 1.91. The third-order valence-electron chi connectivity index (χ3n) is 3.05. The molecule has 1 aromatic carbocycles. The topological polar surface area (TPSA) is 21.3 Å². The number of ether oxygens (including phenoxy) is 1. The highest BCUT2D eigenvalue weighted by Crippen LogP contribution is 2.44. The molecule has 82 valence electrons. The molecule has 3 heteroatoms. The molecule has 2 nitrogen and oxygen atoms in total. The molecule has 1 N–H and O–H groups in total. The van der Waals surface area contributed by atoms with Gasteiger partial charge >= 0.3 is 0 Å². The lowest BCUT2D eigenvalue weighted by Gasteiger charge is -2.46. The van der Waals surface area contributed by atoms with Crippen LogP contribution in [0.4, 0.5) is 0 Å². The van der Waals surface area contributed by atoms with E-state index < -0.39 is 0 Å². The van der Waals surface area contributed by atoms with E-state index in [0.717, 1.165) is 16.8 Å². The quantitative estimate of drug-likeness (QED) is 0.891. The van der Waals surface area contributed by atoms with Crippen molar-refractivity contribution < 1.29 is 4.74 Å². The fourth-order valence-corrected chi connectivity index (χ4v) is 2.45. The van der Waals surface area contributed by atoms with E-state index in [0.29, 0.717) is 11.5 Å². The van der Waals surface area contributed by atoms with Crippen molar-refractivity contribution in [3.05, 3.63) is 28.2 Å². The minimum Gasteiger partial charge on any atom is -0.496 e. The van der Waals surface area contributed by atoms with Crippen LogP contribution in [0.2, 0.25) is 0 Å². The van der Waals surface area contributed by atoms with Gasteiger partial charge in [-0.1, -0.05) is 29.8 Å². The fraction of sp³-hybridized carbons (Fsp3) is 0.500. The van der Waals surface area contributed by atoms with Gasteiger partial charge in [0.2, 0.25) is 0 Å². The van der Waals surface area contributed by atoms with Gasteiger partial charge in [0.1, 0.15) is 5.75 Å². The van der Waals surface area contributed by atoms with Crippen LogP contribution in [0.3, 0.4) is 0 Å². The maximum atomic E-state index is 5.39. The summed E-state index contributed by atoms with van der Waals surface area (Å²) in [6.45, 7) is 5.61. The van der Waals surface area contributed by atoms with Crippen LogP contribution in [-0.4, -0.2) is 13.7 Å². The molecule has 1 fully saturated rings. The first-order valence-corrected chi connectivity index (χ1v) is 5.91. The SMILES string of the molecule is COc1ccc(Br)cc1C1NCC1(C)C. The van der Waals surface area contributed by atoms with Gasteiger partial charge in [-0.2, -0.15) is 0 Å². The third-order valence-corrected chi connectivity index (χ3v) is 3.54. The van der Waals surface area contributed by atoms with E-state index >= 15 is 0 Å². The largest absolute Gasteiger partial charge is 0.496 e.